The van der Waals surface area contributed by atoms with Gasteiger partial charge < -0.3 is 0 Å². The minimum atomic E-state index is -0.505. The third-order valence-corrected chi connectivity index (χ3v) is 5.23. The maximum absolute atomic E-state index is 13.1. The predicted octanol–water partition coefficient (Wildman–Crippen LogP) is 5.08. The molecule has 0 bridgehead atoms. The van der Waals surface area contributed by atoms with Gasteiger partial charge in [-0.05, 0) is 36.0 Å². The van der Waals surface area contributed by atoms with Crippen molar-refractivity contribution in [3.8, 4) is 0 Å². The van der Waals surface area contributed by atoms with Crippen LogP contribution in [0.4, 0.5) is 8.78 Å². The zero-order chi connectivity index (χ0) is 12.9. The molecule has 0 aromatic heterocycles. The summed E-state index contributed by atoms with van der Waals surface area (Å²) in [5.74, 6) is -1.01. The molecule has 0 aliphatic carbocycles. The Balaban J connectivity index is 2.92. The molecule has 0 spiro atoms. The number of halogens is 4. The maximum atomic E-state index is 13.1. The second-order valence-corrected chi connectivity index (χ2v) is 5.59. The van der Waals surface area contributed by atoms with Crippen molar-refractivity contribution in [3.05, 3.63) is 35.4 Å². The summed E-state index contributed by atoms with van der Waals surface area (Å²) in [6.07, 6.45) is 2.74. The molecule has 96 valence electrons. The molecule has 1 aromatic rings. The molecular formula is C13H16Br2F2. The van der Waals surface area contributed by atoms with Gasteiger partial charge in [0.05, 0.1) is 0 Å². The second-order valence-electron chi connectivity index (χ2n) is 4.47. The zero-order valence-electron chi connectivity index (χ0n) is 9.78. The molecule has 0 saturated heterocycles. The molecule has 17 heavy (non-hydrogen) atoms. The van der Waals surface area contributed by atoms with Gasteiger partial charge in [0.15, 0.2) is 0 Å². The second kappa shape index (κ2) is 6.83. The quantitative estimate of drug-likeness (QED) is 0.613. The minimum absolute atomic E-state index is 0.0228. The molecule has 1 aromatic carbocycles. The van der Waals surface area contributed by atoms with Gasteiger partial charge in [-0.3, -0.25) is 0 Å². The van der Waals surface area contributed by atoms with Crippen LogP contribution in [0.15, 0.2) is 18.2 Å². The summed E-state index contributed by atoms with van der Waals surface area (Å²) in [6.45, 7) is 2.12. The van der Waals surface area contributed by atoms with E-state index in [1.54, 1.807) is 0 Å². The zero-order valence-corrected chi connectivity index (χ0v) is 13.0. The van der Waals surface area contributed by atoms with Crippen LogP contribution in [0.25, 0.3) is 0 Å². The van der Waals surface area contributed by atoms with Crippen molar-refractivity contribution in [3.63, 3.8) is 0 Å². The summed E-state index contributed by atoms with van der Waals surface area (Å²) in [5, 5.41) is 1.63. The Bertz CT molecular complexity index is 342. The fourth-order valence-corrected chi connectivity index (χ4v) is 3.91. The molecule has 0 nitrogen and oxygen atoms in total. The lowest BCUT2D eigenvalue weighted by Gasteiger charge is -2.30. The van der Waals surface area contributed by atoms with Crippen molar-refractivity contribution in [2.45, 2.75) is 26.2 Å². The topological polar surface area (TPSA) is 0 Å². The highest BCUT2D eigenvalue weighted by atomic mass is 79.9. The molecular weight excluding hydrogens is 354 g/mol. The SMILES string of the molecule is CCCC(CBr)(CBr)Cc1cc(F)cc(F)c1. The van der Waals surface area contributed by atoms with Crippen LogP contribution in [0.1, 0.15) is 25.3 Å². The highest BCUT2D eigenvalue weighted by Crippen LogP contribution is 2.33. The molecule has 0 N–H and O–H groups in total. The van der Waals surface area contributed by atoms with Crippen molar-refractivity contribution in [2.24, 2.45) is 5.41 Å². The monoisotopic (exact) mass is 368 g/mol. The van der Waals surface area contributed by atoms with E-state index in [0.717, 1.165) is 35.1 Å². The van der Waals surface area contributed by atoms with Gasteiger partial charge >= 0.3 is 0 Å². The molecule has 0 fully saturated rings. The first kappa shape index (κ1) is 15.1. The number of hydrogen-bond acceptors (Lipinski definition) is 0. The lowest BCUT2D eigenvalue weighted by Crippen LogP contribution is -2.27. The smallest absolute Gasteiger partial charge is 0.126 e. The Kier molecular flexibility index (Phi) is 6.07. The normalized spacial score (nSPS) is 11.8. The minimum Gasteiger partial charge on any atom is -0.207 e. The van der Waals surface area contributed by atoms with Crippen LogP contribution in [0.3, 0.4) is 0 Å². The summed E-state index contributed by atoms with van der Waals surface area (Å²) in [4.78, 5) is 0. The van der Waals surface area contributed by atoms with Crippen molar-refractivity contribution in [2.75, 3.05) is 10.7 Å². The van der Waals surface area contributed by atoms with E-state index in [1.807, 2.05) is 0 Å². The Labute approximate surface area is 118 Å². The number of rotatable bonds is 6. The molecule has 0 unspecified atom stereocenters. The van der Waals surface area contributed by atoms with E-state index in [-0.39, 0.29) is 5.41 Å². The van der Waals surface area contributed by atoms with Crippen LogP contribution in [-0.4, -0.2) is 10.7 Å². The Morgan fingerprint density at radius 1 is 1.06 bits per heavy atom. The Hall–Kier alpha value is 0.0400. The van der Waals surface area contributed by atoms with Crippen LogP contribution >= 0.6 is 31.9 Å². The van der Waals surface area contributed by atoms with E-state index >= 15 is 0 Å². The van der Waals surface area contributed by atoms with Crippen molar-refractivity contribution >= 4 is 31.9 Å². The first-order valence-electron chi connectivity index (χ1n) is 5.62. The third-order valence-electron chi connectivity index (χ3n) is 2.85. The summed E-state index contributed by atoms with van der Waals surface area (Å²) < 4.78 is 26.3. The van der Waals surface area contributed by atoms with E-state index in [1.165, 1.54) is 12.1 Å². The van der Waals surface area contributed by atoms with E-state index in [0.29, 0.717) is 6.42 Å². The summed E-state index contributed by atoms with van der Waals surface area (Å²) in [5.41, 5.74) is 0.740. The molecule has 0 heterocycles. The van der Waals surface area contributed by atoms with Crippen molar-refractivity contribution in [1.29, 1.82) is 0 Å². The maximum Gasteiger partial charge on any atom is 0.126 e. The number of alkyl halides is 2. The van der Waals surface area contributed by atoms with E-state index < -0.39 is 11.6 Å². The highest BCUT2D eigenvalue weighted by molar-refractivity contribution is 9.09. The van der Waals surface area contributed by atoms with Crippen molar-refractivity contribution < 1.29 is 8.78 Å². The van der Waals surface area contributed by atoms with Gasteiger partial charge in [0.1, 0.15) is 11.6 Å². The molecule has 0 aliphatic heterocycles. The molecule has 0 amide bonds. The standard InChI is InChI=1S/C13H16Br2F2/c1-2-3-13(8-14,9-15)7-10-4-11(16)6-12(17)5-10/h4-6H,2-3,7-9H2,1H3. The summed E-state index contributed by atoms with van der Waals surface area (Å²) >= 11 is 7.02. The predicted molar refractivity (Wildman–Crippen MR) is 75.0 cm³/mol. The van der Waals surface area contributed by atoms with E-state index in [4.69, 9.17) is 0 Å². The van der Waals surface area contributed by atoms with Crippen LogP contribution in [0.2, 0.25) is 0 Å². The lowest BCUT2D eigenvalue weighted by atomic mass is 9.81. The molecule has 0 aliphatic rings. The molecule has 0 atom stereocenters. The summed E-state index contributed by atoms with van der Waals surface area (Å²) in [7, 11) is 0. The third kappa shape index (κ3) is 4.32. The highest BCUT2D eigenvalue weighted by Gasteiger charge is 2.27. The van der Waals surface area contributed by atoms with Gasteiger partial charge in [0, 0.05) is 16.7 Å². The Morgan fingerprint density at radius 3 is 2.00 bits per heavy atom. The Morgan fingerprint density at radius 2 is 1.59 bits per heavy atom. The fraction of sp³-hybridized carbons (Fsp3) is 0.538. The van der Waals surface area contributed by atoms with E-state index in [9.17, 15) is 8.78 Å². The van der Waals surface area contributed by atoms with Gasteiger partial charge in [-0.2, -0.15) is 0 Å². The largest absolute Gasteiger partial charge is 0.207 e. The van der Waals surface area contributed by atoms with Crippen LogP contribution in [0, 0.1) is 17.0 Å². The average Bonchev–Trinajstić information content (AvgIpc) is 2.27. The van der Waals surface area contributed by atoms with Gasteiger partial charge in [-0.15, -0.1) is 0 Å². The van der Waals surface area contributed by atoms with Gasteiger partial charge in [0.25, 0.3) is 0 Å². The van der Waals surface area contributed by atoms with Crippen LogP contribution in [0.5, 0.6) is 0 Å². The van der Waals surface area contributed by atoms with E-state index in [2.05, 4.69) is 38.8 Å². The fourth-order valence-electron chi connectivity index (χ4n) is 2.03. The number of hydrogen-bond donors (Lipinski definition) is 0. The van der Waals surface area contributed by atoms with Gasteiger partial charge in [-0.25, -0.2) is 8.78 Å². The molecule has 0 radical (unpaired) electrons. The van der Waals surface area contributed by atoms with Gasteiger partial charge in [-0.1, -0.05) is 45.2 Å². The molecule has 4 heteroatoms. The van der Waals surface area contributed by atoms with Gasteiger partial charge in [0.2, 0.25) is 0 Å². The first-order chi connectivity index (χ1) is 8.05. The molecule has 0 saturated carbocycles. The summed E-state index contributed by atoms with van der Waals surface area (Å²) in [6, 6.07) is 3.74. The lowest BCUT2D eigenvalue weighted by molar-refractivity contribution is 0.350. The van der Waals surface area contributed by atoms with Crippen molar-refractivity contribution in [1.82, 2.24) is 0 Å². The average molecular weight is 370 g/mol. The number of benzene rings is 1. The van der Waals surface area contributed by atoms with Crippen LogP contribution in [-0.2, 0) is 6.42 Å². The van der Waals surface area contributed by atoms with Crippen LogP contribution < -0.4 is 0 Å². The molecule has 1 rings (SSSR count). The first-order valence-corrected chi connectivity index (χ1v) is 7.86.